The Morgan fingerprint density at radius 3 is 3.19 bits per heavy atom. The van der Waals surface area contributed by atoms with Crippen LogP contribution < -0.4 is 11.0 Å². The maximum Gasteiger partial charge on any atom is 0.344 e. The zero-order valence-corrected chi connectivity index (χ0v) is 13.0. The Bertz CT molecular complexity index is 840. The molecule has 0 radical (unpaired) electrons. The van der Waals surface area contributed by atoms with Crippen LogP contribution in [0.2, 0.25) is 0 Å². The lowest BCUT2D eigenvalue weighted by atomic mass is 10.5. The zero-order valence-electron chi connectivity index (χ0n) is 11.4. The Morgan fingerprint density at radius 1 is 1.57 bits per heavy atom. The fourth-order valence-corrected chi connectivity index (χ4v) is 4.13. The van der Waals surface area contributed by atoms with E-state index >= 15 is 0 Å². The van der Waals surface area contributed by atoms with Crippen LogP contribution in [0.1, 0.15) is 24.6 Å². The largest absolute Gasteiger partial charge is 0.344 e. The van der Waals surface area contributed by atoms with Crippen molar-refractivity contribution in [1.82, 2.24) is 29.5 Å². The van der Waals surface area contributed by atoms with Gasteiger partial charge in [-0.25, -0.2) is 14.9 Å². The van der Waals surface area contributed by atoms with E-state index in [1.165, 1.54) is 11.8 Å². The molecule has 2 N–H and O–H groups in total. The van der Waals surface area contributed by atoms with Gasteiger partial charge in [0, 0.05) is 24.2 Å². The Kier molecular flexibility index (Phi) is 3.12. The van der Waals surface area contributed by atoms with Gasteiger partial charge in [0.15, 0.2) is 10.1 Å². The molecule has 110 valence electrons. The summed E-state index contributed by atoms with van der Waals surface area (Å²) in [6.07, 6.45) is 4.12. The first-order valence-corrected chi connectivity index (χ1v) is 8.41. The molecule has 7 nitrogen and oxygen atoms in total. The van der Waals surface area contributed by atoms with E-state index < -0.39 is 0 Å². The summed E-state index contributed by atoms with van der Waals surface area (Å²) in [5.74, 6) is 0. The van der Waals surface area contributed by atoms with E-state index in [1.54, 1.807) is 15.9 Å². The minimum atomic E-state index is -0.129. The van der Waals surface area contributed by atoms with E-state index in [0.717, 1.165) is 35.1 Å². The molecular formula is C12H14N6OS2. The number of hydrogen-bond acceptors (Lipinski definition) is 6. The first-order valence-electron chi connectivity index (χ1n) is 6.71. The summed E-state index contributed by atoms with van der Waals surface area (Å²) in [4.78, 5) is 17.4. The van der Waals surface area contributed by atoms with Crippen molar-refractivity contribution in [3.05, 3.63) is 27.8 Å². The molecule has 0 aliphatic heterocycles. The Balaban J connectivity index is 1.75. The summed E-state index contributed by atoms with van der Waals surface area (Å²) in [6.45, 7) is 0.721. The molecule has 0 aromatic carbocycles. The van der Waals surface area contributed by atoms with Gasteiger partial charge >= 0.3 is 5.69 Å². The van der Waals surface area contributed by atoms with Crippen LogP contribution in [0.15, 0.2) is 26.6 Å². The molecule has 3 aromatic rings. The smallest absolute Gasteiger partial charge is 0.314 e. The third kappa shape index (κ3) is 2.21. The van der Waals surface area contributed by atoms with Gasteiger partial charge in [-0.1, -0.05) is 0 Å². The Labute approximate surface area is 128 Å². The van der Waals surface area contributed by atoms with Crippen molar-refractivity contribution < 1.29 is 0 Å². The molecule has 0 amide bonds. The van der Waals surface area contributed by atoms with Gasteiger partial charge in [0.05, 0.1) is 5.69 Å². The Morgan fingerprint density at radius 2 is 2.43 bits per heavy atom. The molecule has 0 bridgehead atoms. The predicted octanol–water partition coefficient (Wildman–Crippen LogP) is 1.49. The highest BCUT2D eigenvalue weighted by Crippen LogP contribution is 2.38. The first-order chi connectivity index (χ1) is 10.3. The molecule has 9 heteroatoms. The minimum Gasteiger partial charge on any atom is -0.314 e. The lowest BCUT2D eigenvalue weighted by Crippen LogP contribution is -2.16. The summed E-state index contributed by atoms with van der Waals surface area (Å²) in [5, 5.41) is 13.5. The van der Waals surface area contributed by atoms with Crippen LogP contribution >= 0.6 is 23.1 Å². The van der Waals surface area contributed by atoms with E-state index in [1.807, 2.05) is 18.6 Å². The quantitative estimate of drug-likeness (QED) is 0.744. The van der Waals surface area contributed by atoms with Crippen molar-refractivity contribution in [2.75, 3.05) is 7.05 Å². The summed E-state index contributed by atoms with van der Waals surface area (Å²) in [5.41, 5.74) is 0.965. The van der Waals surface area contributed by atoms with Crippen LogP contribution in [0.5, 0.6) is 0 Å². The zero-order chi connectivity index (χ0) is 14.4. The van der Waals surface area contributed by atoms with E-state index in [-0.39, 0.29) is 5.69 Å². The highest BCUT2D eigenvalue weighted by atomic mass is 32.2. The molecule has 0 saturated heterocycles. The summed E-state index contributed by atoms with van der Waals surface area (Å²) in [6, 6.07) is 0.301. The molecule has 4 rings (SSSR count). The molecule has 21 heavy (non-hydrogen) atoms. The van der Waals surface area contributed by atoms with Crippen molar-refractivity contribution in [3.8, 4) is 0 Å². The number of aromatic nitrogens is 5. The number of fused-ring (bicyclic) bond motifs is 1. The number of nitrogens with one attached hydrogen (secondary N) is 2. The molecule has 3 aromatic heterocycles. The van der Waals surface area contributed by atoms with Gasteiger partial charge in [-0.2, -0.15) is 0 Å². The third-order valence-electron chi connectivity index (χ3n) is 3.44. The lowest BCUT2D eigenvalue weighted by molar-refractivity contribution is 0.641. The normalized spacial score (nSPS) is 15.1. The van der Waals surface area contributed by atoms with Crippen LogP contribution in [-0.4, -0.2) is 31.2 Å². The minimum absolute atomic E-state index is 0.129. The number of aromatic amines is 1. The number of nitrogens with zero attached hydrogens (tertiary/aromatic N) is 4. The van der Waals surface area contributed by atoms with Crippen molar-refractivity contribution in [1.29, 1.82) is 0 Å². The van der Waals surface area contributed by atoms with Crippen LogP contribution in [0.4, 0.5) is 0 Å². The molecule has 1 fully saturated rings. The van der Waals surface area contributed by atoms with Crippen molar-refractivity contribution in [3.63, 3.8) is 0 Å². The molecule has 1 aliphatic carbocycles. The number of imidazole rings is 1. The van der Waals surface area contributed by atoms with Gasteiger partial charge in [-0.05, 0) is 31.7 Å². The van der Waals surface area contributed by atoms with Crippen LogP contribution in [-0.2, 0) is 6.54 Å². The fraction of sp³-hybridized carbons (Fsp3) is 0.417. The van der Waals surface area contributed by atoms with Gasteiger partial charge in [0.25, 0.3) is 0 Å². The molecular weight excluding hydrogens is 308 g/mol. The van der Waals surface area contributed by atoms with Gasteiger partial charge in [-0.3, -0.25) is 8.97 Å². The van der Waals surface area contributed by atoms with Gasteiger partial charge in [0.2, 0.25) is 0 Å². The monoisotopic (exact) mass is 322 g/mol. The van der Waals surface area contributed by atoms with Crippen molar-refractivity contribution in [2.45, 2.75) is 35.6 Å². The molecule has 0 unspecified atom stereocenters. The van der Waals surface area contributed by atoms with Crippen molar-refractivity contribution in [2.24, 2.45) is 0 Å². The number of H-pyrrole nitrogens is 1. The second kappa shape index (κ2) is 5.00. The predicted molar refractivity (Wildman–Crippen MR) is 81.1 cm³/mol. The van der Waals surface area contributed by atoms with Crippen LogP contribution in [0, 0.1) is 0 Å². The van der Waals surface area contributed by atoms with Gasteiger partial charge in [-0.15, -0.1) is 16.4 Å². The van der Waals surface area contributed by atoms with E-state index in [4.69, 9.17) is 0 Å². The second-order valence-electron chi connectivity index (χ2n) is 4.96. The molecule has 0 atom stereocenters. The maximum absolute atomic E-state index is 11.8. The first kappa shape index (κ1) is 13.1. The highest BCUT2D eigenvalue weighted by Gasteiger charge is 2.29. The topological polar surface area (TPSA) is 80.0 Å². The van der Waals surface area contributed by atoms with E-state index in [2.05, 4.69) is 24.9 Å². The highest BCUT2D eigenvalue weighted by molar-refractivity contribution is 7.99. The maximum atomic E-state index is 11.8. The summed E-state index contributed by atoms with van der Waals surface area (Å²) >= 11 is 3.06. The molecule has 1 aliphatic rings. The van der Waals surface area contributed by atoms with E-state index in [0.29, 0.717) is 11.2 Å². The lowest BCUT2D eigenvalue weighted by Gasteiger charge is -2.04. The van der Waals surface area contributed by atoms with Crippen LogP contribution in [0.3, 0.4) is 0 Å². The summed E-state index contributed by atoms with van der Waals surface area (Å²) in [7, 11) is 1.91. The fourth-order valence-electron chi connectivity index (χ4n) is 2.33. The Hall–Kier alpha value is -1.58. The van der Waals surface area contributed by atoms with Gasteiger partial charge < -0.3 is 5.32 Å². The van der Waals surface area contributed by atoms with Crippen LogP contribution in [0.25, 0.3) is 4.96 Å². The third-order valence-corrected chi connectivity index (χ3v) is 5.19. The molecule has 1 saturated carbocycles. The average molecular weight is 322 g/mol. The molecule has 3 heterocycles. The SMILES string of the molecule is CNCc1c(Sc2n[nH]c(=O)n2C2CC2)nc2sccn12. The average Bonchev–Trinajstić information content (AvgIpc) is 2.95. The number of thiazole rings is 1. The standard InChI is InChI=1S/C12H14N6OS2/c1-13-6-8-9(14-11-17(8)4-5-20-11)21-12-16-15-10(19)18(12)7-2-3-7/h4-5,7,13H,2-3,6H2,1H3,(H,15,19). The summed E-state index contributed by atoms with van der Waals surface area (Å²) < 4.78 is 3.83. The number of rotatable bonds is 5. The second-order valence-corrected chi connectivity index (χ2v) is 6.79. The van der Waals surface area contributed by atoms with Crippen molar-refractivity contribution >= 4 is 28.1 Å². The van der Waals surface area contributed by atoms with Gasteiger partial charge in [0.1, 0.15) is 5.03 Å². The number of hydrogen-bond donors (Lipinski definition) is 2. The van der Waals surface area contributed by atoms with E-state index in [9.17, 15) is 4.79 Å². The molecule has 0 spiro atoms.